The van der Waals surface area contributed by atoms with E-state index < -0.39 is 0 Å². The first kappa shape index (κ1) is 13.5. The summed E-state index contributed by atoms with van der Waals surface area (Å²) in [5.74, 6) is 2.39. The number of nitrogens with zero attached hydrogens (tertiary/aromatic N) is 1. The molecular formula is C22H19N3. The first-order chi connectivity index (χ1) is 12.3. The van der Waals surface area contributed by atoms with Crippen LogP contribution in [0.2, 0.25) is 0 Å². The van der Waals surface area contributed by atoms with E-state index in [2.05, 4.69) is 41.4 Å². The third-order valence-corrected chi connectivity index (χ3v) is 6.22. The molecular weight excluding hydrogens is 306 g/mol. The van der Waals surface area contributed by atoms with Gasteiger partial charge in [0.25, 0.3) is 0 Å². The molecule has 3 nitrogen and oxygen atoms in total. The average molecular weight is 325 g/mol. The lowest BCUT2D eigenvalue weighted by atomic mass is 9.91. The molecule has 1 fully saturated rings. The summed E-state index contributed by atoms with van der Waals surface area (Å²) in [4.78, 5) is 8.39. The summed E-state index contributed by atoms with van der Waals surface area (Å²) in [5, 5.41) is 2.25. The van der Waals surface area contributed by atoms with Crippen molar-refractivity contribution in [1.29, 1.82) is 0 Å². The standard InChI is InChI=1S/C22H19N3/c23-21-15-4-2-1-3-12(15)7-8-16(21)22-24-19-10-17-13-5-6-14(9-13)18(17)11-20(19)25-22/h1-4,7-8,10-11,13-14H,5-6,9,23H2,(H,24,25). The van der Waals surface area contributed by atoms with Crippen molar-refractivity contribution >= 4 is 27.5 Å². The fourth-order valence-electron chi connectivity index (χ4n) is 4.97. The van der Waals surface area contributed by atoms with Gasteiger partial charge < -0.3 is 10.7 Å². The Morgan fingerprint density at radius 3 is 2.64 bits per heavy atom. The van der Waals surface area contributed by atoms with Crippen LogP contribution in [-0.4, -0.2) is 9.97 Å². The molecule has 25 heavy (non-hydrogen) atoms. The Morgan fingerprint density at radius 2 is 1.76 bits per heavy atom. The van der Waals surface area contributed by atoms with Gasteiger partial charge in [-0.3, -0.25) is 0 Å². The number of fused-ring (bicyclic) bond motifs is 7. The van der Waals surface area contributed by atoms with Gasteiger partial charge in [0.05, 0.1) is 16.7 Å². The minimum absolute atomic E-state index is 0.760. The van der Waals surface area contributed by atoms with Crippen molar-refractivity contribution in [2.24, 2.45) is 0 Å². The highest BCUT2D eigenvalue weighted by molar-refractivity contribution is 6.00. The molecule has 1 heterocycles. The number of nitrogens with two attached hydrogens (primary N) is 1. The van der Waals surface area contributed by atoms with Crippen LogP contribution in [0, 0.1) is 0 Å². The van der Waals surface area contributed by atoms with Crippen molar-refractivity contribution < 1.29 is 0 Å². The van der Waals surface area contributed by atoms with Crippen LogP contribution in [0.1, 0.15) is 42.2 Å². The highest BCUT2D eigenvalue weighted by Crippen LogP contribution is 2.53. The maximum Gasteiger partial charge on any atom is 0.140 e. The molecule has 0 spiro atoms. The third-order valence-electron chi connectivity index (χ3n) is 6.22. The lowest BCUT2D eigenvalue weighted by molar-refractivity contribution is 0.719. The lowest BCUT2D eigenvalue weighted by Crippen LogP contribution is -1.97. The van der Waals surface area contributed by atoms with Crippen molar-refractivity contribution in [3.8, 4) is 11.4 Å². The molecule has 2 unspecified atom stereocenters. The summed E-state index contributed by atoms with van der Waals surface area (Å²) in [6.07, 6.45) is 4.03. The van der Waals surface area contributed by atoms with Crippen LogP contribution in [-0.2, 0) is 0 Å². The minimum atomic E-state index is 0.760. The topological polar surface area (TPSA) is 54.7 Å². The highest BCUT2D eigenvalue weighted by atomic mass is 14.9. The summed E-state index contributed by atoms with van der Waals surface area (Å²) < 4.78 is 0. The van der Waals surface area contributed by atoms with Crippen molar-refractivity contribution in [2.45, 2.75) is 31.1 Å². The molecule has 3 N–H and O–H groups in total. The Bertz CT molecular complexity index is 1110. The number of H-pyrrole nitrogens is 1. The van der Waals surface area contributed by atoms with Gasteiger partial charge in [0.1, 0.15) is 5.82 Å². The van der Waals surface area contributed by atoms with Crippen molar-refractivity contribution in [2.75, 3.05) is 5.73 Å². The van der Waals surface area contributed by atoms with E-state index in [4.69, 9.17) is 10.7 Å². The number of anilines is 1. The zero-order chi connectivity index (χ0) is 16.5. The molecule has 2 atom stereocenters. The molecule has 2 bridgehead atoms. The fourth-order valence-corrected chi connectivity index (χ4v) is 4.97. The van der Waals surface area contributed by atoms with Crippen molar-refractivity contribution in [3.05, 3.63) is 59.7 Å². The zero-order valence-electron chi connectivity index (χ0n) is 13.9. The molecule has 0 saturated heterocycles. The van der Waals surface area contributed by atoms with Crippen LogP contribution in [0.5, 0.6) is 0 Å². The van der Waals surface area contributed by atoms with Gasteiger partial charge in [-0.05, 0) is 65.8 Å². The molecule has 122 valence electrons. The molecule has 4 aromatic rings. The maximum absolute atomic E-state index is 6.46. The highest BCUT2D eigenvalue weighted by Gasteiger charge is 2.37. The first-order valence-electron chi connectivity index (χ1n) is 9.09. The Morgan fingerprint density at radius 1 is 0.960 bits per heavy atom. The Labute approximate surface area is 145 Å². The quantitative estimate of drug-likeness (QED) is 0.465. The minimum Gasteiger partial charge on any atom is -0.398 e. The molecule has 2 aliphatic rings. The number of nitrogen functional groups attached to an aromatic ring is 1. The molecule has 6 rings (SSSR count). The zero-order valence-corrected chi connectivity index (χ0v) is 13.9. The van der Waals surface area contributed by atoms with Crippen molar-refractivity contribution in [1.82, 2.24) is 9.97 Å². The van der Waals surface area contributed by atoms with Crippen LogP contribution >= 0.6 is 0 Å². The van der Waals surface area contributed by atoms with Crippen LogP contribution in [0.4, 0.5) is 5.69 Å². The Kier molecular flexibility index (Phi) is 2.50. The second-order valence-corrected chi connectivity index (χ2v) is 7.54. The Hall–Kier alpha value is -2.81. The summed E-state index contributed by atoms with van der Waals surface area (Å²) in [6.45, 7) is 0. The van der Waals surface area contributed by atoms with E-state index in [1.54, 1.807) is 5.56 Å². The fraction of sp³-hybridized carbons (Fsp3) is 0.227. The van der Waals surface area contributed by atoms with E-state index in [9.17, 15) is 0 Å². The van der Waals surface area contributed by atoms with Crippen LogP contribution in [0.25, 0.3) is 33.2 Å². The van der Waals surface area contributed by atoms with E-state index in [1.165, 1.54) is 24.8 Å². The van der Waals surface area contributed by atoms with Crippen LogP contribution in [0.15, 0.2) is 48.5 Å². The van der Waals surface area contributed by atoms with Gasteiger partial charge in [0.2, 0.25) is 0 Å². The number of rotatable bonds is 1. The van der Waals surface area contributed by atoms with Gasteiger partial charge >= 0.3 is 0 Å². The number of hydrogen-bond donors (Lipinski definition) is 2. The average Bonchev–Trinajstić information content (AvgIpc) is 3.34. The molecule has 3 aromatic carbocycles. The summed E-state index contributed by atoms with van der Waals surface area (Å²) in [7, 11) is 0. The number of aromatic nitrogens is 2. The smallest absolute Gasteiger partial charge is 0.140 e. The van der Waals surface area contributed by atoms with E-state index in [1.807, 2.05) is 12.1 Å². The monoisotopic (exact) mass is 325 g/mol. The van der Waals surface area contributed by atoms with Gasteiger partial charge in [0.15, 0.2) is 0 Å². The summed E-state index contributed by atoms with van der Waals surface area (Å²) >= 11 is 0. The molecule has 0 amide bonds. The number of hydrogen-bond acceptors (Lipinski definition) is 2. The Balaban J connectivity index is 1.55. The van der Waals surface area contributed by atoms with E-state index in [0.717, 1.165) is 50.7 Å². The molecule has 3 heteroatoms. The van der Waals surface area contributed by atoms with E-state index in [0.29, 0.717) is 0 Å². The molecule has 2 aliphatic carbocycles. The summed E-state index contributed by atoms with van der Waals surface area (Å²) in [6, 6.07) is 17.1. The van der Waals surface area contributed by atoms with Gasteiger partial charge in [0, 0.05) is 10.9 Å². The normalized spacial score (nSPS) is 21.3. The second kappa shape index (κ2) is 4.63. The maximum atomic E-state index is 6.46. The van der Waals surface area contributed by atoms with E-state index >= 15 is 0 Å². The largest absolute Gasteiger partial charge is 0.398 e. The number of aromatic amines is 1. The molecule has 0 radical (unpaired) electrons. The van der Waals surface area contributed by atoms with E-state index in [-0.39, 0.29) is 0 Å². The number of imidazole rings is 1. The van der Waals surface area contributed by atoms with Crippen molar-refractivity contribution in [3.63, 3.8) is 0 Å². The number of nitrogens with one attached hydrogen (secondary N) is 1. The lowest BCUT2D eigenvalue weighted by Gasteiger charge is -2.14. The molecule has 1 saturated carbocycles. The van der Waals surface area contributed by atoms with Gasteiger partial charge in [-0.2, -0.15) is 0 Å². The van der Waals surface area contributed by atoms with Crippen LogP contribution < -0.4 is 5.73 Å². The molecule has 1 aromatic heterocycles. The van der Waals surface area contributed by atoms with Gasteiger partial charge in [-0.15, -0.1) is 0 Å². The second-order valence-electron chi connectivity index (χ2n) is 7.54. The predicted molar refractivity (Wildman–Crippen MR) is 103 cm³/mol. The van der Waals surface area contributed by atoms with Crippen LogP contribution in [0.3, 0.4) is 0 Å². The first-order valence-corrected chi connectivity index (χ1v) is 9.09. The predicted octanol–water partition coefficient (Wildman–Crippen LogP) is 5.33. The SMILES string of the molecule is Nc1c(-c2nc3cc4c(cc3[nH]2)C2CCC4C2)ccc2ccccc12. The van der Waals surface area contributed by atoms with Gasteiger partial charge in [-0.1, -0.05) is 30.3 Å². The molecule has 0 aliphatic heterocycles. The van der Waals surface area contributed by atoms with Gasteiger partial charge in [-0.25, -0.2) is 4.98 Å². The summed E-state index contributed by atoms with van der Waals surface area (Å²) in [5.41, 5.74) is 13.5. The third kappa shape index (κ3) is 1.78. The number of benzene rings is 3.